The van der Waals surface area contributed by atoms with E-state index in [0.717, 1.165) is 0 Å². The Morgan fingerprint density at radius 2 is 2.00 bits per heavy atom. The highest BCUT2D eigenvalue weighted by Crippen LogP contribution is 2.11. The van der Waals surface area contributed by atoms with Gasteiger partial charge in [0.2, 0.25) is 5.91 Å². The number of nitrogens with zero attached hydrogens (tertiary/aromatic N) is 1. The highest BCUT2D eigenvalue weighted by atomic mass is 16.3. The molecule has 1 heterocycles. The summed E-state index contributed by atoms with van der Waals surface area (Å²) in [6.07, 6.45) is 4.19. The molecule has 4 heteroatoms. The lowest BCUT2D eigenvalue weighted by atomic mass is 10.1. The first-order valence-corrected chi connectivity index (χ1v) is 5.49. The average Bonchev–Trinajstić information content (AvgIpc) is 2.38. The van der Waals surface area contributed by atoms with Crippen LogP contribution in [0.4, 0.5) is 0 Å². The van der Waals surface area contributed by atoms with Gasteiger partial charge in [-0.15, -0.1) is 0 Å². The van der Waals surface area contributed by atoms with Gasteiger partial charge in [-0.25, -0.2) is 0 Å². The normalized spacial score (nSPS) is 11.0. The fraction of sp³-hybridized carbons (Fsp3) is 0.143. The molecule has 2 aromatic rings. The number of hydrogen-bond acceptors (Lipinski definition) is 3. The third-order valence-electron chi connectivity index (χ3n) is 2.55. The molecule has 0 aliphatic rings. The molecule has 92 valence electrons. The van der Waals surface area contributed by atoms with Crippen LogP contribution in [0.5, 0.6) is 0 Å². The third kappa shape index (κ3) is 2.32. The van der Waals surface area contributed by atoms with Gasteiger partial charge in [0.1, 0.15) is 11.8 Å². The summed E-state index contributed by atoms with van der Waals surface area (Å²) in [5.74, 6) is -0.178. The smallest absolute Gasteiger partial charge is 0.246 e. The first kappa shape index (κ1) is 12.1. The van der Waals surface area contributed by atoms with Gasteiger partial charge in [0.15, 0.2) is 5.43 Å². The lowest BCUT2D eigenvalue weighted by Crippen LogP contribution is -2.18. The molecule has 1 aromatic carbocycles. The molecule has 0 fully saturated rings. The van der Waals surface area contributed by atoms with Gasteiger partial charge in [0.05, 0.1) is 10.9 Å². The summed E-state index contributed by atoms with van der Waals surface area (Å²) >= 11 is 0. The zero-order valence-corrected chi connectivity index (χ0v) is 10.2. The zero-order chi connectivity index (χ0) is 13.1. The second-order valence-electron chi connectivity index (χ2n) is 4.08. The van der Waals surface area contributed by atoms with E-state index in [0.29, 0.717) is 16.5 Å². The lowest BCUT2D eigenvalue weighted by Gasteiger charge is -2.05. The predicted molar refractivity (Wildman–Crippen MR) is 70.2 cm³/mol. The van der Waals surface area contributed by atoms with Crippen LogP contribution in [0.15, 0.2) is 45.8 Å². The standard InChI is InChI=1S/C14H13NO3/c1-15(2)13(16)8-7-10-9-18-12-6-4-3-5-11(12)14(10)17/h3-9H,1-2H3/b8-7+. The SMILES string of the molecule is CN(C)C(=O)/C=C/c1coc2ccccc2c1=O. The Hall–Kier alpha value is -2.36. The molecule has 0 atom stereocenters. The van der Waals surface area contributed by atoms with Crippen LogP contribution in [0, 0.1) is 0 Å². The number of carbonyl (C=O) groups is 1. The Bertz CT molecular complexity index is 668. The molecule has 0 unspecified atom stereocenters. The van der Waals surface area contributed by atoms with Crippen molar-refractivity contribution in [2.75, 3.05) is 14.1 Å². The van der Waals surface area contributed by atoms with Crippen LogP contribution in [0.1, 0.15) is 5.56 Å². The van der Waals surface area contributed by atoms with Gasteiger partial charge in [-0.3, -0.25) is 9.59 Å². The van der Waals surface area contributed by atoms with E-state index in [1.165, 1.54) is 23.3 Å². The predicted octanol–water partition coefficient (Wildman–Crippen LogP) is 1.89. The van der Waals surface area contributed by atoms with Crippen LogP contribution >= 0.6 is 0 Å². The van der Waals surface area contributed by atoms with Gasteiger partial charge in [0.25, 0.3) is 0 Å². The molecule has 4 nitrogen and oxygen atoms in total. The van der Waals surface area contributed by atoms with Crippen LogP contribution < -0.4 is 5.43 Å². The van der Waals surface area contributed by atoms with Crippen molar-refractivity contribution in [2.45, 2.75) is 0 Å². The van der Waals surface area contributed by atoms with Crippen LogP contribution in [0.2, 0.25) is 0 Å². The Morgan fingerprint density at radius 3 is 2.72 bits per heavy atom. The van der Waals surface area contributed by atoms with Crippen LogP contribution in [0.3, 0.4) is 0 Å². The van der Waals surface area contributed by atoms with Crippen LogP contribution in [-0.2, 0) is 4.79 Å². The number of likely N-dealkylation sites (N-methyl/N-ethyl adjacent to an activating group) is 1. The molecule has 0 aliphatic carbocycles. The van der Waals surface area contributed by atoms with E-state index in [1.54, 1.807) is 38.4 Å². The van der Waals surface area contributed by atoms with Crippen molar-refractivity contribution < 1.29 is 9.21 Å². The third-order valence-corrected chi connectivity index (χ3v) is 2.55. The number of para-hydroxylation sites is 1. The summed E-state index contributed by atoms with van der Waals surface area (Å²) < 4.78 is 5.34. The van der Waals surface area contributed by atoms with E-state index >= 15 is 0 Å². The van der Waals surface area contributed by atoms with Crippen molar-refractivity contribution in [1.29, 1.82) is 0 Å². The first-order valence-electron chi connectivity index (χ1n) is 5.49. The maximum atomic E-state index is 12.1. The average molecular weight is 243 g/mol. The van der Waals surface area contributed by atoms with E-state index in [1.807, 2.05) is 0 Å². The van der Waals surface area contributed by atoms with Crippen molar-refractivity contribution in [3.8, 4) is 0 Å². The Labute approximate surface area is 104 Å². The second-order valence-corrected chi connectivity index (χ2v) is 4.08. The molecule has 1 aromatic heterocycles. The van der Waals surface area contributed by atoms with E-state index in [4.69, 9.17) is 4.42 Å². The number of hydrogen-bond donors (Lipinski definition) is 0. The fourth-order valence-corrected chi connectivity index (χ4v) is 1.52. The van der Waals surface area contributed by atoms with Crippen molar-refractivity contribution in [1.82, 2.24) is 4.90 Å². The van der Waals surface area contributed by atoms with Crippen molar-refractivity contribution >= 4 is 23.0 Å². The minimum Gasteiger partial charge on any atom is -0.463 e. The van der Waals surface area contributed by atoms with E-state index in [2.05, 4.69) is 0 Å². The van der Waals surface area contributed by atoms with E-state index < -0.39 is 0 Å². The summed E-state index contributed by atoms with van der Waals surface area (Å²) in [5.41, 5.74) is 0.766. The topological polar surface area (TPSA) is 50.5 Å². The number of rotatable bonds is 2. The van der Waals surface area contributed by atoms with Crippen molar-refractivity contribution in [3.05, 3.63) is 52.4 Å². The molecule has 0 bridgehead atoms. The molecule has 0 radical (unpaired) electrons. The monoisotopic (exact) mass is 243 g/mol. The fourth-order valence-electron chi connectivity index (χ4n) is 1.52. The highest BCUT2D eigenvalue weighted by molar-refractivity contribution is 5.91. The maximum absolute atomic E-state index is 12.1. The van der Waals surface area contributed by atoms with Gasteiger partial charge in [-0.2, -0.15) is 0 Å². The molecule has 2 rings (SSSR count). The minimum atomic E-state index is -0.178. The molecule has 0 saturated heterocycles. The summed E-state index contributed by atoms with van der Waals surface area (Å²) in [6, 6.07) is 7.01. The highest BCUT2D eigenvalue weighted by Gasteiger charge is 2.04. The quantitative estimate of drug-likeness (QED) is 0.757. The lowest BCUT2D eigenvalue weighted by molar-refractivity contribution is -0.123. The number of fused-ring (bicyclic) bond motifs is 1. The van der Waals surface area contributed by atoms with Gasteiger partial charge >= 0.3 is 0 Å². The number of carbonyl (C=O) groups excluding carboxylic acids is 1. The molecule has 0 saturated carbocycles. The molecule has 18 heavy (non-hydrogen) atoms. The van der Waals surface area contributed by atoms with Gasteiger partial charge < -0.3 is 9.32 Å². The van der Waals surface area contributed by atoms with E-state index in [9.17, 15) is 9.59 Å². The van der Waals surface area contributed by atoms with Gasteiger partial charge in [-0.05, 0) is 18.2 Å². The van der Waals surface area contributed by atoms with E-state index in [-0.39, 0.29) is 11.3 Å². The summed E-state index contributed by atoms with van der Waals surface area (Å²) in [5, 5.41) is 0.511. The van der Waals surface area contributed by atoms with Gasteiger partial charge in [0, 0.05) is 20.2 Å². The summed E-state index contributed by atoms with van der Waals surface area (Å²) in [4.78, 5) is 24.9. The van der Waals surface area contributed by atoms with Crippen molar-refractivity contribution in [2.24, 2.45) is 0 Å². The zero-order valence-electron chi connectivity index (χ0n) is 10.2. The molecule has 0 N–H and O–H groups in total. The summed E-state index contributed by atoms with van der Waals surface area (Å²) in [6.45, 7) is 0. The molecule has 0 spiro atoms. The number of benzene rings is 1. The minimum absolute atomic E-state index is 0.139. The molecule has 0 aliphatic heterocycles. The summed E-state index contributed by atoms with van der Waals surface area (Å²) in [7, 11) is 3.30. The van der Waals surface area contributed by atoms with Crippen LogP contribution in [-0.4, -0.2) is 24.9 Å². The Morgan fingerprint density at radius 1 is 1.28 bits per heavy atom. The Kier molecular flexibility index (Phi) is 3.28. The maximum Gasteiger partial charge on any atom is 0.246 e. The second kappa shape index (κ2) is 4.87. The largest absolute Gasteiger partial charge is 0.463 e. The van der Waals surface area contributed by atoms with Gasteiger partial charge in [-0.1, -0.05) is 12.1 Å². The molecular weight excluding hydrogens is 230 g/mol. The Balaban J connectivity index is 2.44. The number of amides is 1. The van der Waals surface area contributed by atoms with Crippen LogP contribution in [0.25, 0.3) is 17.0 Å². The molecule has 1 amide bonds. The molecular formula is C14H13NO3. The van der Waals surface area contributed by atoms with Crippen molar-refractivity contribution in [3.63, 3.8) is 0 Å². The first-order chi connectivity index (χ1) is 8.59.